The highest BCUT2D eigenvalue weighted by Crippen LogP contribution is 2.14. The first kappa shape index (κ1) is 11.0. The zero-order valence-electron chi connectivity index (χ0n) is 8.08. The van der Waals surface area contributed by atoms with Gasteiger partial charge in [-0.2, -0.15) is 0 Å². The second-order valence-corrected chi connectivity index (χ2v) is 3.81. The molecule has 4 heteroatoms. The minimum absolute atomic E-state index is 0.270. The number of halogens is 1. The van der Waals surface area contributed by atoms with Gasteiger partial charge in [0.1, 0.15) is 6.04 Å². The molecule has 14 heavy (non-hydrogen) atoms. The lowest BCUT2D eigenvalue weighted by Gasteiger charge is -2.12. The van der Waals surface area contributed by atoms with Crippen LogP contribution >= 0.6 is 15.9 Å². The summed E-state index contributed by atoms with van der Waals surface area (Å²) in [5.74, 6) is -0.270. The van der Waals surface area contributed by atoms with Crippen LogP contribution in [-0.2, 0) is 9.53 Å². The smallest absolute Gasteiger partial charge is 0.327 e. The molecule has 1 N–H and O–H groups in total. The van der Waals surface area contributed by atoms with Crippen LogP contribution in [0.4, 0.5) is 5.69 Å². The van der Waals surface area contributed by atoms with Crippen molar-refractivity contribution in [3.8, 4) is 0 Å². The van der Waals surface area contributed by atoms with Crippen LogP contribution in [0.25, 0.3) is 0 Å². The molecular formula is C10H12BrNO2. The van der Waals surface area contributed by atoms with Gasteiger partial charge in [0.05, 0.1) is 7.11 Å². The topological polar surface area (TPSA) is 38.3 Å². The highest BCUT2D eigenvalue weighted by Gasteiger charge is 2.11. The number of rotatable bonds is 3. The molecule has 76 valence electrons. The van der Waals surface area contributed by atoms with E-state index < -0.39 is 0 Å². The molecule has 0 unspecified atom stereocenters. The van der Waals surface area contributed by atoms with Gasteiger partial charge in [-0.15, -0.1) is 0 Å². The minimum Gasteiger partial charge on any atom is -0.467 e. The Morgan fingerprint density at radius 3 is 2.50 bits per heavy atom. The largest absolute Gasteiger partial charge is 0.467 e. The molecule has 0 aliphatic carbocycles. The quantitative estimate of drug-likeness (QED) is 0.846. The Morgan fingerprint density at radius 1 is 1.43 bits per heavy atom. The van der Waals surface area contributed by atoms with Gasteiger partial charge in [0.25, 0.3) is 0 Å². The summed E-state index contributed by atoms with van der Waals surface area (Å²) in [5, 5.41) is 3.02. The van der Waals surface area contributed by atoms with Crippen LogP contribution in [0.1, 0.15) is 6.92 Å². The number of ether oxygens (including phenoxy) is 1. The summed E-state index contributed by atoms with van der Waals surface area (Å²) in [5.41, 5.74) is 0.895. The highest BCUT2D eigenvalue weighted by molar-refractivity contribution is 9.10. The lowest BCUT2D eigenvalue weighted by atomic mass is 10.2. The summed E-state index contributed by atoms with van der Waals surface area (Å²) < 4.78 is 5.61. The van der Waals surface area contributed by atoms with Gasteiger partial charge in [-0.3, -0.25) is 0 Å². The Labute approximate surface area is 91.6 Å². The second-order valence-electron chi connectivity index (χ2n) is 2.90. The number of carbonyl (C=O) groups excluding carboxylic acids is 1. The number of carbonyl (C=O) groups is 1. The molecule has 1 aromatic carbocycles. The molecule has 0 radical (unpaired) electrons. The normalized spacial score (nSPS) is 11.9. The van der Waals surface area contributed by atoms with Crippen molar-refractivity contribution in [1.29, 1.82) is 0 Å². The molecule has 1 aromatic rings. The van der Waals surface area contributed by atoms with Crippen molar-refractivity contribution in [2.75, 3.05) is 12.4 Å². The Balaban J connectivity index is 2.60. The summed E-state index contributed by atoms with van der Waals surface area (Å²) in [6.07, 6.45) is 0. The van der Waals surface area contributed by atoms with Gasteiger partial charge >= 0.3 is 5.97 Å². The molecule has 1 rings (SSSR count). The monoisotopic (exact) mass is 257 g/mol. The van der Waals surface area contributed by atoms with E-state index in [9.17, 15) is 4.79 Å². The van der Waals surface area contributed by atoms with Gasteiger partial charge in [-0.25, -0.2) is 4.79 Å². The summed E-state index contributed by atoms with van der Waals surface area (Å²) in [4.78, 5) is 11.1. The number of esters is 1. The van der Waals surface area contributed by atoms with Gasteiger partial charge in [-0.05, 0) is 31.2 Å². The molecule has 0 aromatic heterocycles. The first-order chi connectivity index (χ1) is 6.63. The van der Waals surface area contributed by atoms with Crippen LogP contribution in [0.5, 0.6) is 0 Å². The number of methoxy groups -OCH3 is 1. The van der Waals surface area contributed by atoms with E-state index in [1.165, 1.54) is 7.11 Å². The molecule has 0 bridgehead atoms. The van der Waals surface area contributed by atoms with Crippen LogP contribution < -0.4 is 5.32 Å². The molecule has 1 atom stereocenters. The number of anilines is 1. The fourth-order valence-electron chi connectivity index (χ4n) is 1.03. The van der Waals surface area contributed by atoms with Crippen LogP contribution in [0.15, 0.2) is 28.7 Å². The Kier molecular flexibility index (Phi) is 3.95. The van der Waals surface area contributed by atoms with Crippen LogP contribution in [0.3, 0.4) is 0 Å². The minimum atomic E-state index is -0.332. The Hall–Kier alpha value is -1.03. The molecule has 0 spiro atoms. The van der Waals surface area contributed by atoms with Gasteiger partial charge < -0.3 is 10.1 Å². The van der Waals surface area contributed by atoms with Crippen molar-refractivity contribution in [3.05, 3.63) is 28.7 Å². The third-order valence-corrected chi connectivity index (χ3v) is 2.31. The van der Waals surface area contributed by atoms with Crippen LogP contribution in [0.2, 0.25) is 0 Å². The molecule has 0 saturated heterocycles. The van der Waals surface area contributed by atoms with Gasteiger partial charge in [0, 0.05) is 10.2 Å². The van der Waals surface area contributed by atoms with Crippen molar-refractivity contribution in [3.63, 3.8) is 0 Å². The summed E-state index contributed by atoms with van der Waals surface area (Å²) in [6.45, 7) is 1.76. The van der Waals surface area contributed by atoms with E-state index in [-0.39, 0.29) is 12.0 Å². The Morgan fingerprint density at radius 2 is 2.00 bits per heavy atom. The summed E-state index contributed by atoms with van der Waals surface area (Å²) >= 11 is 3.33. The molecular weight excluding hydrogens is 246 g/mol. The molecule has 3 nitrogen and oxygen atoms in total. The lowest BCUT2D eigenvalue weighted by Crippen LogP contribution is -2.27. The van der Waals surface area contributed by atoms with Crippen molar-refractivity contribution >= 4 is 27.6 Å². The predicted octanol–water partition coefficient (Wildman–Crippen LogP) is 2.42. The van der Waals surface area contributed by atoms with E-state index in [0.29, 0.717) is 0 Å². The SMILES string of the molecule is COC(=O)[C@H](C)Nc1ccc(Br)cc1. The number of nitrogens with one attached hydrogen (secondary N) is 1. The Bertz CT molecular complexity index is 310. The van der Waals surface area contributed by atoms with E-state index in [2.05, 4.69) is 26.0 Å². The zero-order chi connectivity index (χ0) is 10.6. The highest BCUT2D eigenvalue weighted by atomic mass is 79.9. The fraction of sp³-hybridized carbons (Fsp3) is 0.300. The van der Waals surface area contributed by atoms with E-state index in [0.717, 1.165) is 10.2 Å². The average Bonchev–Trinajstić information content (AvgIpc) is 2.20. The van der Waals surface area contributed by atoms with Gasteiger partial charge in [0.15, 0.2) is 0 Å². The maximum atomic E-state index is 11.1. The maximum Gasteiger partial charge on any atom is 0.327 e. The van der Waals surface area contributed by atoms with Crippen LogP contribution in [-0.4, -0.2) is 19.1 Å². The number of hydrogen-bond donors (Lipinski definition) is 1. The van der Waals surface area contributed by atoms with E-state index >= 15 is 0 Å². The zero-order valence-corrected chi connectivity index (χ0v) is 9.67. The van der Waals surface area contributed by atoms with E-state index in [1.54, 1.807) is 6.92 Å². The van der Waals surface area contributed by atoms with Gasteiger partial charge in [0.2, 0.25) is 0 Å². The lowest BCUT2D eigenvalue weighted by molar-refractivity contribution is -0.141. The molecule has 0 aliphatic rings. The third-order valence-electron chi connectivity index (χ3n) is 1.78. The van der Waals surface area contributed by atoms with Crippen molar-refractivity contribution in [1.82, 2.24) is 0 Å². The molecule has 0 aliphatic heterocycles. The molecule has 0 fully saturated rings. The molecule has 0 amide bonds. The van der Waals surface area contributed by atoms with Crippen molar-refractivity contribution in [2.24, 2.45) is 0 Å². The maximum absolute atomic E-state index is 11.1. The van der Waals surface area contributed by atoms with Crippen LogP contribution in [0, 0.1) is 0 Å². The first-order valence-corrected chi connectivity index (χ1v) is 5.02. The third kappa shape index (κ3) is 3.03. The first-order valence-electron chi connectivity index (χ1n) is 4.23. The predicted molar refractivity (Wildman–Crippen MR) is 59.2 cm³/mol. The summed E-state index contributed by atoms with van der Waals surface area (Å²) in [6, 6.07) is 7.27. The number of benzene rings is 1. The molecule has 0 heterocycles. The van der Waals surface area contributed by atoms with E-state index in [4.69, 9.17) is 0 Å². The van der Waals surface area contributed by atoms with Crippen molar-refractivity contribution < 1.29 is 9.53 Å². The second kappa shape index (κ2) is 5.00. The molecule has 0 saturated carbocycles. The fourth-order valence-corrected chi connectivity index (χ4v) is 1.30. The average molecular weight is 258 g/mol. The number of hydrogen-bond acceptors (Lipinski definition) is 3. The van der Waals surface area contributed by atoms with Crippen molar-refractivity contribution in [2.45, 2.75) is 13.0 Å². The summed E-state index contributed by atoms with van der Waals surface area (Å²) in [7, 11) is 1.38. The van der Waals surface area contributed by atoms with E-state index in [1.807, 2.05) is 24.3 Å². The standard InChI is InChI=1S/C10H12BrNO2/c1-7(10(13)14-2)12-9-5-3-8(11)4-6-9/h3-7,12H,1-2H3/t7-/m0/s1. The van der Waals surface area contributed by atoms with Gasteiger partial charge in [-0.1, -0.05) is 15.9 Å².